The molecule has 13 heteroatoms. The molecule has 0 radical (unpaired) electrons. The lowest BCUT2D eigenvalue weighted by molar-refractivity contribution is -0.256. The number of carbonyl (C=O) groups excluding carboxylic acids is 1. The largest absolute Gasteiger partial charge is 0.492 e. The van der Waals surface area contributed by atoms with E-state index in [4.69, 9.17) is 28.5 Å². The molecule has 0 unspecified atom stereocenters. The highest BCUT2D eigenvalue weighted by molar-refractivity contribution is 6.02. The van der Waals surface area contributed by atoms with Crippen molar-refractivity contribution in [2.24, 2.45) is 22.9 Å². The number of rotatable bonds is 33. The summed E-state index contributed by atoms with van der Waals surface area (Å²) in [6.07, 6.45) is 20.4. The molecule has 6 atom stereocenters. The van der Waals surface area contributed by atoms with E-state index in [1.54, 1.807) is 18.1 Å². The van der Waals surface area contributed by atoms with Crippen LogP contribution in [0.25, 0.3) is 0 Å². The van der Waals surface area contributed by atoms with Crippen LogP contribution < -0.4 is 9.47 Å². The molecule has 4 aliphatic rings. The van der Waals surface area contributed by atoms with Gasteiger partial charge < -0.3 is 43.8 Å². The van der Waals surface area contributed by atoms with Crippen LogP contribution in [-0.2, 0) is 19.0 Å². The average Bonchev–Trinajstić information content (AvgIpc) is 4.11. The van der Waals surface area contributed by atoms with Gasteiger partial charge in [0.25, 0.3) is 0 Å². The lowest BCUT2D eigenvalue weighted by atomic mass is 9.55. The van der Waals surface area contributed by atoms with E-state index in [9.17, 15) is 20.1 Å². The second kappa shape index (κ2) is 27.2. The van der Waals surface area contributed by atoms with Gasteiger partial charge in [-0.25, -0.2) is 4.79 Å². The van der Waals surface area contributed by atoms with Gasteiger partial charge in [-0.3, -0.25) is 9.80 Å². The maximum Gasteiger partial charge on any atom is 0.410 e. The Kier molecular flexibility index (Phi) is 21.9. The monoisotopic (exact) mass is 870 g/mol. The van der Waals surface area contributed by atoms with E-state index in [0.29, 0.717) is 37.5 Å². The maximum absolute atomic E-state index is 14.6. The number of ether oxygens (including phenoxy) is 5. The number of amides is 1. The number of fused-ring (bicyclic) bond motifs is 2. The zero-order chi connectivity index (χ0) is 44.0. The van der Waals surface area contributed by atoms with Crippen LogP contribution in [0, 0.1) is 17.8 Å². The number of allylic oxidation sites excluding steroid dienone is 1. The molecule has 1 saturated heterocycles. The van der Waals surface area contributed by atoms with E-state index in [2.05, 4.69) is 35.7 Å². The number of aliphatic hydroxyl groups is 3. The van der Waals surface area contributed by atoms with Gasteiger partial charge in [-0.1, -0.05) is 94.9 Å². The smallest absolute Gasteiger partial charge is 0.410 e. The van der Waals surface area contributed by atoms with Gasteiger partial charge in [0.1, 0.15) is 31.3 Å². The number of benzene rings is 1. The van der Waals surface area contributed by atoms with E-state index < -0.39 is 23.8 Å². The van der Waals surface area contributed by atoms with Crippen LogP contribution in [0.3, 0.4) is 0 Å². The Morgan fingerprint density at radius 3 is 2.32 bits per heavy atom. The summed E-state index contributed by atoms with van der Waals surface area (Å²) in [7, 11) is 1.55. The topological polar surface area (TPSA) is 152 Å². The van der Waals surface area contributed by atoms with Gasteiger partial charge in [0, 0.05) is 57.3 Å². The molecule has 350 valence electrons. The van der Waals surface area contributed by atoms with E-state index in [1.807, 2.05) is 12.1 Å². The molecule has 1 aromatic rings. The van der Waals surface area contributed by atoms with Gasteiger partial charge in [0.05, 0.1) is 44.7 Å². The molecular weight excluding hydrogens is 791 g/mol. The third-order valence-electron chi connectivity index (χ3n) is 13.1. The molecule has 13 nitrogen and oxygen atoms in total. The molecular formula is C49H79N3O10. The highest BCUT2D eigenvalue weighted by atomic mass is 16.7. The summed E-state index contributed by atoms with van der Waals surface area (Å²) in [5.74, 6) is -0.320. The second-order valence-electron chi connectivity index (χ2n) is 17.5. The van der Waals surface area contributed by atoms with Crippen LogP contribution in [0.1, 0.15) is 128 Å². The van der Waals surface area contributed by atoms with E-state index in [1.165, 1.54) is 44.9 Å². The second-order valence-corrected chi connectivity index (χ2v) is 17.5. The van der Waals surface area contributed by atoms with Crippen LogP contribution >= 0.6 is 0 Å². The predicted molar refractivity (Wildman–Crippen MR) is 242 cm³/mol. The normalized spacial score (nSPS) is 24.4. The Hall–Kier alpha value is -3.20. The fraction of sp³-hybridized carbons (Fsp3) is 0.755. The Morgan fingerprint density at radius 1 is 0.919 bits per heavy atom. The molecule has 62 heavy (non-hydrogen) atoms. The van der Waals surface area contributed by atoms with Crippen LogP contribution in [0.5, 0.6) is 11.5 Å². The molecule has 2 aliphatic carbocycles. The van der Waals surface area contributed by atoms with Crippen molar-refractivity contribution in [1.82, 2.24) is 9.80 Å². The Bertz CT molecular complexity index is 1540. The molecule has 2 heterocycles. The lowest BCUT2D eigenvalue weighted by Gasteiger charge is -2.59. The molecule has 2 aliphatic heterocycles. The first-order valence-electron chi connectivity index (χ1n) is 24.0. The van der Waals surface area contributed by atoms with Crippen LogP contribution in [0.2, 0.25) is 0 Å². The van der Waals surface area contributed by atoms with Gasteiger partial charge in [-0.2, -0.15) is 0 Å². The number of carbonyl (C=O) groups is 1. The van der Waals surface area contributed by atoms with Crippen molar-refractivity contribution in [1.29, 1.82) is 0 Å². The third kappa shape index (κ3) is 13.9. The van der Waals surface area contributed by atoms with Gasteiger partial charge in [0.15, 0.2) is 0 Å². The number of hydrogen-bond acceptors (Lipinski definition) is 12. The van der Waals surface area contributed by atoms with Crippen molar-refractivity contribution < 1.29 is 48.6 Å². The van der Waals surface area contributed by atoms with Gasteiger partial charge in [-0.15, -0.1) is 6.58 Å². The summed E-state index contributed by atoms with van der Waals surface area (Å²) in [4.78, 5) is 24.2. The quantitative estimate of drug-likeness (QED) is 0.0273. The molecule has 1 amide bonds. The number of hydrogen-bond donors (Lipinski definition) is 3. The highest BCUT2D eigenvalue weighted by Gasteiger charge is 2.65. The number of oxime groups is 1. The Balaban J connectivity index is 1.53. The van der Waals surface area contributed by atoms with Crippen LogP contribution in [0.15, 0.2) is 47.7 Å². The summed E-state index contributed by atoms with van der Waals surface area (Å²) >= 11 is 0. The molecule has 3 N–H and O–H groups in total. The lowest BCUT2D eigenvalue weighted by Crippen LogP contribution is -2.70. The van der Waals surface area contributed by atoms with Crippen LogP contribution in [0.4, 0.5) is 4.79 Å². The van der Waals surface area contributed by atoms with Crippen molar-refractivity contribution in [3.05, 3.63) is 48.1 Å². The fourth-order valence-corrected chi connectivity index (χ4v) is 9.97. The number of unbranched alkanes of at least 4 members (excludes halogenated alkanes) is 11. The first-order chi connectivity index (χ1) is 30.5. The molecule has 2 fully saturated rings. The minimum absolute atomic E-state index is 0.100. The van der Waals surface area contributed by atoms with Crippen molar-refractivity contribution >= 4 is 11.8 Å². The first-order valence-corrected chi connectivity index (χ1v) is 24.0. The minimum Gasteiger partial charge on any atom is -0.492 e. The highest BCUT2D eigenvalue weighted by Crippen LogP contribution is 2.62. The Labute approximate surface area is 371 Å². The maximum atomic E-state index is 14.6. The van der Waals surface area contributed by atoms with E-state index in [0.717, 1.165) is 81.5 Å². The molecule has 1 saturated carbocycles. The summed E-state index contributed by atoms with van der Waals surface area (Å²) in [6, 6.07) is 5.34. The van der Waals surface area contributed by atoms with Gasteiger partial charge in [0.2, 0.25) is 5.79 Å². The SMILES string of the molecule is C=CCO[C@@]12Oc3ccc(OCCN4CC4)cc3[C@H]3[C@H](CCCCO)[C@@H](CCCCO)C=C(C(=NOC)C[C@@H]1N(CCOCCO)C(=O)OCCCCCCCCCCCC)[C@H]32. The molecule has 1 aromatic carbocycles. The molecule has 5 rings (SSSR count). The summed E-state index contributed by atoms with van der Waals surface area (Å²) in [5.41, 5.74) is 2.70. The fourth-order valence-electron chi connectivity index (χ4n) is 9.97. The molecule has 0 aromatic heterocycles. The van der Waals surface area contributed by atoms with Crippen molar-refractivity contribution in [3.63, 3.8) is 0 Å². The zero-order valence-electron chi connectivity index (χ0n) is 38.0. The van der Waals surface area contributed by atoms with Crippen molar-refractivity contribution in [2.75, 3.05) is 86.1 Å². The van der Waals surface area contributed by atoms with Crippen LogP contribution in [-0.4, -0.2) is 135 Å². The average molecular weight is 870 g/mol. The molecule has 0 spiro atoms. The minimum atomic E-state index is -1.40. The zero-order valence-corrected chi connectivity index (χ0v) is 38.0. The van der Waals surface area contributed by atoms with E-state index in [-0.39, 0.29) is 70.4 Å². The number of nitrogens with zero attached hydrogens (tertiary/aromatic N) is 3. The summed E-state index contributed by atoms with van der Waals surface area (Å²) < 4.78 is 32.6. The summed E-state index contributed by atoms with van der Waals surface area (Å²) in [6.45, 7) is 11.0. The third-order valence-corrected chi connectivity index (χ3v) is 13.1. The van der Waals surface area contributed by atoms with Gasteiger partial charge in [-0.05, 0) is 67.7 Å². The number of aliphatic hydroxyl groups excluding tert-OH is 3. The predicted octanol–water partition coefficient (Wildman–Crippen LogP) is 8.01. The standard InChI is InChI=1S/C49H79N3O10/c1-4-6-7-8-9-10-11-12-13-18-31-60-48(56)52(26-32-58-34-29-55)45-37-43(50-57-3)41-35-38(19-14-16-27-53)40(20-15-17-28-54)46-42-36-39(59-33-25-51-23-24-51)21-22-44(42)62-49(45,47(41)46)61-30-5-2/h5,21-22,35-36,38,40,45-47,53-55H,2,4,6-20,23-34,37H2,1,3H3/t38-,40+,45-,46+,47+,49+/m0/s1. The van der Waals surface area contributed by atoms with Crippen molar-refractivity contribution in [3.8, 4) is 11.5 Å². The summed E-state index contributed by atoms with van der Waals surface area (Å²) in [5, 5.41) is 34.0. The first kappa shape index (κ1) is 49.8. The van der Waals surface area contributed by atoms with Gasteiger partial charge >= 0.3 is 6.09 Å². The van der Waals surface area contributed by atoms with E-state index >= 15 is 0 Å². The van der Waals surface area contributed by atoms with Crippen molar-refractivity contribution in [2.45, 2.75) is 134 Å². The Morgan fingerprint density at radius 2 is 1.65 bits per heavy atom. The molecule has 0 bridgehead atoms.